The van der Waals surface area contributed by atoms with Crippen LogP contribution in [0.1, 0.15) is 28.9 Å². The van der Waals surface area contributed by atoms with Gasteiger partial charge in [0.25, 0.3) is 0 Å². The lowest BCUT2D eigenvalue weighted by Gasteiger charge is -2.21. The minimum atomic E-state index is -0.0137. The summed E-state index contributed by atoms with van der Waals surface area (Å²) in [5, 5.41) is 10.0. The summed E-state index contributed by atoms with van der Waals surface area (Å²) in [5.74, 6) is 0.0407. The minimum Gasteiger partial charge on any atom is -0.376 e. The summed E-state index contributed by atoms with van der Waals surface area (Å²) in [5.41, 5.74) is 5.22. The Hall–Kier alpha value is -2.21. The van der Waals surface area contributed by atoms with E-state index in [0.717, 1.165) is 54.9 Å². The van der Waals surface area contributed by atoms with E-state index in [2.05, 4.69) is 20.5 Å². The van der Waals surface area contributed by atoms with Gasteiger partial charge in [0.1, 0.15) is 0 Å². The molecule has 1 aliphatic carbocycles. The molecule has 0 fully saturated rings. The summed E-state index contributed by atoms with van der Waals surface area (Å²) in [4.78, 5) is 16.9. The zero-order valence-corrected chi connectivity index (χ0v) is 12.3. The van der Waals surface area contributed by atoms with E-state index in [4.69, 9.17) is 4.74 Å². The van der Waals surface area contributed by atoms with Gasteiger partial charge in [-0.1, -0.05) is 0 Å². The molecule has 6 heteroatoms. The van der Waals surface area contributed by atoms with E-state index in [1.807, 2.05) is 12.3 Å². The van der Waals surface area contributed by atoms with Crippen molar-refractivity contribution in [2.45, 2.75) is 32.3 Å². The SMILES string of the molecule is O=C(Nc1cnc2c(c1)COCC2)C1CCc2cn[nH]c2C1. The minimum absolute atomic E-state index is 0.0137. The summed E-state index contributed by atoms with van der Waals surface area (Å²) in [6.07, 6.45) is 6.93. The molecule has 2 aromatic heterocycles. The number of carbonyl (C=O) groups is 1. The second kappa shape index (κ2) is 5.53. The monoisotopic (exact) mass is 298 g/mol. The van der Waals surface area contributed by atoms with Crippen molar-refractivity contribution in [1.82, 2.24) is 15.2 Å². The Labute approximate surface area is 128 Å². The molecule has 3 heterocycles. The van der Waals surface area contributed by atoms with Gasteiger partial charge in [0, 0.05) is 35.7 Å². The summed E-state index contributed by atoms with van der Waals surface area (Å²) in [6.45, 7) is 1.30. The molecule has 22 heavy (non-hydrogen) atoms. The average Bonchev–Trinajstić information content (AvgIpc) is 3.02. The third-order valence-corrected chi connectivity index (χ3v) is 4.46. The van der Waals surface area contributed by atoms with Crippen LogP contribution in [0, 0.1) is 5.92 Å². The second-order valence-electron chi connectivity index (χ2n) is 5.94. The molecule has 1 unspecified atom stereocenters. The third kappa shape index (κ3) is 2.50. The second-order valence-corrected chi connectivity index (χ2v) is 5.94. The number of pyridine rings is 1. The molecular weight excluding hydrogens is 280 g/mol. The number of hydrogen-bond acceptors (Lipinski definition) is 4. The lowest BCUT2D eigenvalue weighted by atomic mass is 9.87. The van der Waals surface area contributed by atoms with E-state index in [9.17, 15) is 4.79 Å². The van der Waals surface area contributed by atoms with Crippen molar-refractivity contribution < 1.29 is 9.53 Å². The molecule has 1 amide bonds. The summed E-state index contributed by atoms with van der Waals surface area (Å²) in [6, 6.07) is 1.98. The number of nitrogens with zero attached hydrogens (tertiary/aromatic N) is 2. The Morgan fingerprint density at radius 2 is 2.27 bits per heavy atom. The molecule has 0 radical (unpaired) electrons. The number of rotatable bonds is 2. The summed E-state index contributed by atoms with van der Waals surface area (Å²) >= 11 is 0. The van der Waals surface area contributed by atoms with Gasteiger partial charge in [-0.2, -0.15) is 5.10 Å². The van der Waals surface area contributed by atoms with Crippen LogP contribution in [0.2, 0.25) is 0 Å². The van der Waals surface area contributed by atoms with Crippen molar-refractivity contribution in [2.75, 3.05) is 11.9 Å². The van der Waals surface area contributed by atoms with Crippen molar-refractivity contribution in [2.24, 2.45) is 5.92 Å². The number of ether oxygens (including phenoxy) is 1. The molecule has 0 saturated carbocycles. The fraction of sp³-hybridized carbons (Fsp3) is 0.438. The first kappa shape index (κ1) is 13.5. The van der Waals surface area contributed by atoms with Crippen LogP contribution in [0.3, 0.4) is 0 Å². The predicted molar refractivity (Wildman–Crippen MR) is 80.3 cm³/mol. The molecule has 4 rings (SSSR count). The molecule has 0 aromatic carbocycles. The van der Waals surface area contributed by atoms with Gasteiger partial charge in [-0.3, -0.25) is 14.9 Å². The van der Waals surface area contributed by atoms with E-state index >= 15 is 0 Å². The number of H-pyrrole nitrogens is 1. The van der Waals surface area contributed by atoms with E-state index in [1.165, 1.54) is 5.56 Å². The lowest BCUT2D eigenvalue weighted by Crippen LogP contribution is -2.28. The standard InChI is InChI=1S/C16H18N4O2/c21-16(10-1-2-11-7-18-20-15(11)6-10)19-13-5-12-9-22-4-3-14(12)17-8-13/h5,7-8,10H,1-4,6,9H2,(H,18,20)(H,19,21). The topological polar surface area (TPSA) is 79.9 Å². The number of carbonyl (C=O) groups excluding carboxylic acids is 1. The number of aromatic amines is 1. The number of aromatic nitrogens is 3. The number of aryl methyl sites for hydroxylation is 1. The molecule has 6 nitrogen and oxygen atoms in total. The Morgan fingerprint density at radius 3 is 3.23 bits per heavy atom. The van der Waals surface area contributed by atoms with Gasteiger partial charge in [-0.05, 0) is 24.5 Å². The van der Waals surface area contributed by atoms with Gasteiger partial charge in [0.05, 0.1) is 31.3 Å². The van der Waals surface area contributed by atoms with Crippen LogP contribution >= 0.6 is 0 Å². The summed E-state index contributed by atoms with van der Waals surface area (Å²) < 4.78 is 5.44. The molecule has 0 bridgehead atoms. The molecule has 2 aromatic rings. The van der Waals surface area contributed by atoms with Gasteiger partial charge in [0.15, 0.2) is 0 Å². The first-order chi connectivity index (χ1) is 10.8. The first-order valence-electron chi connectivity index (χ1n) is 7.67. The molecule has 1 atom stereocenters. The molecular formula is C16H18N4O2. The lowest BCUT2D eigenvalue weighted by molar-refractivity contribution is -0.120. The van der Waals surface area contributed by atoms with Gasteiger partial charge in [-0.15, -0.1) is 0 Å². The van der Waals surface area contributed by atoms with Crippen LogP contribution in [0.15, 0.2) is 18.5 Å². The highest BCUT2D eigenvalue weighted by Gasteiger charge is 2.26. The smallest absolute Gasteiger partial charge is 0.227 e. The normalized spacial score (nSPS) is 20.1. The van der Waals surface area contributed by atoms with Gasteiger partial charge in [0.2, 0.25) is 5.91 Å². The quantitative estimate of drug-likeness (QED) is 0.883. The zero-order chi connectivity index (χ0) is 14.9. The van der Waals surface area contributed by atoms with Crippen molar-refractivity contribution in [3.05, 3.63) is 41.0 Å². The highest BCUT2D eigenvalue weighted by Crippen LogP contribution is 2.25. The molecule has 2 N–H and O–H groups in total. The zero-order valence-electron chi connectivity index (χ0n) is 12.3. The largest absolute Gasteiger partial charge is 0.376 e. The molecule has 0 spiro atoms. The number of anilines is 1. The van der Waals surface area contributed by atoms with Gasteiger partial charge >= 0.3 is 0 Å². The molecule has 114 valence electrons. The van der Waals surface area contributed by atoms with Crippen LogP contribution in [0.4, 0.5) is 5.69 Å². The number of nitrogens with one attached hydrogen (secondary N) is 2. The maximum atomic E-state index is 12.5. The van der Waals surface area contributed by atoms with Crippen LogP contribution in [0.25, 0.3) is 0 Å². The van der Waals surface area contributed by atoms with Crippen LogP contribution < -0.4 is 5.32 Å². The maximum Gasteiger partial charge on any atom is 0.227 e. The highest BCUT2D eigenvalue weighted by molar-refractivity contribution is 5.92. The van der Waals surface area contributed by atoms with E-state index < -0.39 is 0 Å². The molecule has 0 saturated heterocycles. The molecule has 2 aliphatic rings. The van der Waals surface area contributed by atoms with E-state index in [-0.39, 0.29) is 11.8 Å². The Morgan fingerprint density at radius 1 is 1.32 bits per heavy atom. The fourth-order valence-corrected chi connectivity index (χ4v) is 3.18. The van der Waals surface area contributed by atoms with E-state index in [0.29, 0.717) is 6.61 Å². The fourth-order valence-electron chi connectivity index (χ4n) is 3.18. The van der Waals surface area contributed by atoms with Crippen molar-refractivity contribution in [3.8, 4) is 0 Å². The number of amides is 1. The van der Waals surface area contributed by atoms with Crippen LogP contribution in [-0.4, -0.2) is 27.7 Å². The highest BCUT2D eigenvalue weighted by atomic mass is 16.5. The Bertz CT molecular complexity index is 710. The van der Waals surface area contributed by atoms with E-state index in [1.54, 1.807) is 6.20 Å². The predicted octanol–water partition coefficient (Wildman–Crippen LogP) is 1.62. The van der Waals surface area contributed by atoms with Crippen LogP contribution in [-0.2, 0) is 35.4 Å². The van der Waals surface area contributed by atoms with Crippen molar-refractivity contribution in [3.63, 3.8) is 0 Å². The van der Waals surface area contributed by atoms with Gasteiger partial charge in [-0.25, -0.2) is 0 Å². The number of hydrogen-bond donors (Lipinski definition) is 2. The van der Waals surface area contributed by atoms with Crippen LogP contribution in [0.5, 0.6) is 0 Å². The Balaban J connectivity index is 1.46. The summed E-state index contributed by atoms with van der Waals surface area (Å²) in [7, 11) is 0. The first-order valence-corrected chi connectivity index (χ1v) is 7.67. The average molecular weight is 298 g/mol. The number of fused-ring (bicyclic) bond motifs is 2. The van der Waals surface area contributed by atoms with Gasteiger partial charge < -0.3 is 10.1 Å². The third-order valence-electron chi connectivity index (χ3n) is 4.46. The maximum absolute atomic E-state index is 12.5. The van der Waals surface area contributed by atoms with Crippen molar-refractivity contribution in [1.29, 1.82) is 0 Å². The van der Waals surface area contributed by atoms with Crippen molar-refractivity contribution >= 4 is 11.6 Å². The Kier molecular flexibility index (Phi) is 3.38. The molecule has 1 aliphatic heterocycles.